The SMILES string of the molecule is Cc1cc(O)c(C(=O)O)cc1S(=O)(=O)NC(C)CCCO. The highest BCUT2D eigenvalue weighted by atomic mass is 32.2. The van der Waals surface area contributed by atoms with Crippen molar-refractivity contribution in [1.82, 2.24) is 4.72 Å². The zero-order valence-electron chi connectivity index (χ0n) is 11.8. The Morgan fingerprint density at radius 2 is 2.00 bits per heavy atom. The van der Waals surface area contributed by atoms with Crippen molar-refractivity contribution in [1.29, 1.82) is 0 Å². The van der Waals surface area contributed by atoms with Crippen LogP contribution in [0.3, 0.4) is 0 Å². The number of aryl methyl sites for hydroxylation is 1. The fourth-order valence-electron chi connectivity index (χ4n) is 1.92. The molecule has 0 spiro atoms. The molecule has 0 aliphatic heterocycles. The number of aromatic hydroxyl groups is 1. The van der Waals surface area contributed by atoms with E-state index in [9.17, 15) is 18.3 Å². The second kappa shape index (κ2) is 6.88. The van der Waals surface area contributed by atoms with Crippen molar-refractivity contribution in [3.05, 3.63) is 23.3 Å². The Bertz CT molecular complexity index is 626. The van der Waals surface area contributed by atoms with Crippen LogP contribution in [0.15, 0.2) is 17.0 Å². The second-order valence-corrected chi connectivity index (χ2v) is 6.51. The number of phenols is 1. The lowest BCUT2D eigenvalue weighted by Gasteiger charge is -2.15. The van der Waals surface area contributed by atoms with E-state index in [-0.39, 0.29) is 17.1 Å². The van der Waals surface area contributed by atoms with Crippen LogP contribution in [0.2, 0.25) is 0 Å². The normalized spacial score (nSPS) is 13.1. The topological polar surface area (TPSA) is 124 Å². The van der Waals surface area contributed by atoms with Crippen molar-refractivity contribution in [2.45, 2.75) is 37.6 Å². The first-order chi connectivity index (χ1) is 9.69. The summed E-state index contributed by atoms with van der Waals surface area (Å²) in [5, 5.41) is 27.2. The highest BCUT2D eigenvalue weighted by molar-refractivity contribution is 7.89. The molecule has 0 aliphatic rings. The monoisotopic (exact) mass is 317 g/mol. The van der Waals surface area contributed by atoms with Crippen molar-refractivity contribution in [2.24, 2.45) is 0 Å². The molecule has 0 radical (unpaired) electrons. The second-order valence-electron chi connectivity index (χ2n) is 4.83. The Balaban J connectivity index is 3.13. The lowest BCUT2D eigenvalue weighted by Crippen LogP contribution is -2.33. The molecule has 1 unspecified atom stereocenters. The number of aliphatic hydroxyl groups is 1. The average Bonchev–Trinajstić information content (AvgIpc) is 2.34. The van der Waals surface area contributed by atoms with Gasteiger partial charge in [-0.25, -0.2) is 17.9 Å². The van der Waals surface area contributed by atoms with Crippen LogP contribution >= 0.6 is 0 Å². The van der Waals surface area contributed by atoms with E-state index in [1.54, 1.807) is 6.92 Å². The molecular weight excluding hydrogens is 298 g/mol. The molecule has 1 atom stereocenters. The minimum atomic E-state index is -3.90. The number of nitrogens with one attached hydrogen (secondary N) is 1. The van der Waals surface area contributed by atoms with Gasteiger partial charge in [0, 0.05) is 12.6 Å². The Labute approximate surface area is 123 Å². The molecule has 0 heterocycles. The Morgan fingerprint density at radius 1 is 1.38 bits per heavy atom. The highest BCUT2D eigenvalue weighted by Gasteiger charge is 2.23. The lowest BCUT2D eigenvalue weighted by atomic mass is 10.1. The van der Waals surface area contributed by atoms with E-state index in [2.05, 4.69) is 4.72 Å². The van der Waals surface area contributed by atoms with Gasteiger partial charge in [0.1, 0.15) is 11.3 Å². The first kappa shape index (κ1) is 17.4. The first-order valence-corrected chi connectivity index (χ1v) is 7.87. The van der Waals surface area contributed by atoms with Gasteiger partial charge in [0.2, 0.25) is 10.0 Å². The average molecular weight is 317 g/mol. The van der Waals surface area contributed by atoms with Gasteiger partial charge in [-0.3, -0.25) is 0 Å². The number of hydrogen-bond donors (Lipinski definition) is 4. The minimum Gasteiger partial charge on any atom is -0.507 e. The predicted molar refractivity (Wildman–Crippen MR) is 75.9 cm³/mol. The van der Waals surface area contributed by atoms with Gasteiger partial charge in [0.15, 0.2) is 0 Å². The summed E-state index contributed by atoms with van der Waals surface area (Å²) >= 11 is 0. The predicted octanol–water partition coefficient (Wildman–Crippen LogP) is 0.838. The summed E-state index contributed by atoms with van der Waals surface area (Å²) in [6.07, 6.45) is 0.914. The largest absolute Gasteiger partial charge is 0.507 e. The van der Waals surface area contributed by atoms with Crippen LogP contribution in [0.5, 0.6) is 5.75 Å². The van der Waals surface area contributed by atoms with Gasteiger partial charge in [0.25, 0.3) is 0 Å². The van der Waals surface area contributed by atoms with Crippen molar-refractivity contribution in [3.8, 4) is 5.75 Å². The van der Waals surface area contributed by atoms with E-state index in [4.69, 9.17) is 10.2 Å². The van der Waals surface area contributed by atoms with E-state index >= 15 is 0 Å². The summed E-state index contributed by atoms with van der Waals surface area (Å²) in [5.41, 5.74) is -0.219. The molecule has 0 aromatic heterocycles. The van der Waals surface area contributed by atoms with Gasteiger partial charge in [-0.15, -0.1) is 0 Å². The van der Waals surface area contributed by atoms with Crippen LogP contribution in [0.4, 0.5) is 0 Å². The summed E-state index contributed by atoms with van der Waals surface area (Å²) in [7, 11) is -3.90. The van der Waals surface area contributed by atoms with Crippen LogP contribution in [0.1, 0.15) is 35.7 Å². The smallest absolute Gasteiger partial charge is 0.339 e. The standard InChI is InChI=1S/C13H19NO6S/c1-8-6-11(16)10(13(17)18)7-12(8)21(19,20)14-9(2)4-3-5-15/h6-7,9,14-16H,3-5H2,1-2H3,(H,17,18). The van der Waals surface area contributed by atoms with Crippen LogP contribution in [0, 0.1) is 6.92 Å². The Morgan fingerprint density at radius 3 is 2.52 bits per heavy atom. The Hall–Kier alpha value is -1.64. The molecule has 0 saturated carbocycles. The molecule has 0 saturated heterocycles. The number of aliphatic hydroxyl groups excluding tert-OH is 1. The van der Waals surface area contributed by atoms with Gasteiger partial charge in [-0.2, -0.15) is 0 Å². The van der Waals surface area contributed by atoms with Gasteiger partial charge < -0.3 is 15.3 Å². The summed E-state index contributed by atoms with van der Waals surface area (Å²) < 4.78 is 26.9. The van der Waals surface area contributed by atoms with E-state index in [1.165, 1.54) is 6.92 Å². The highest BCUT2D eigenvalue weighted by Crippen LogP contribution is 2.25. The quantitative estimate of drug-likeness (QED) is 0.591. The van der Waals surface area contributed by atoms with E-state index < -0.39 is 33.3 Å². The third-order valence-electron chi connectivity index (χ3n) is 2.96. The number of benzene rings is 1. The van der Waals surface area contributed by atoms with Crippen LogP contribution in [0.25, 0.3) is 0 Å². The third kappa shape index (κ3) is 4.42. The van der Waals surface area contributed by atoms with E-state index in [0.717, 1.165) is 12.1 Å². The number of rotatable bonds is 7. The van der Waals surface area contributed by atoms with E-state index in [1.807, 2.05) is 0 Å². The fourth-order valence-corrected chi connectivity index (χ4v) is 3.45. The van der Waals surface area contributed by atoms with Crippen molar-refractivity contribution in [3.63, 3.8) is 0 Å². The zero-order chi connectivity index (χ0) is 16.2. The molecule has 7 nitrogen and oxygen atoms in total. The zero-order valence-corrected chi connectivity index (χ0v) is 12.6. The summed E-state index contributed by atoms with van der Waals surface area (Å²) in [6, 6.07) is 1.65. The molecule has 21 heavy (non-hydrogen) atoms. The molecule has 118 valence electrons. The number of carboxylic acid groups (broad SMARTS) is 1. The van der Waals surface area contributed by atoms with Crippen molar-refractivity contribution >= 4 is 16.0 Å². The molecule has 1 aromatic rings. The van der Waals surface area contributed by atoms with Crippen molar-refractivity contribution in [2.75, 3.05) is 6.61 Å². The van der Waals surface area contributed by atoms with Gasteiger partial charge >= 0.3 is 5.97 Å². The van der Waals surface area contributed by atoms with E-state index in [0.29, 0.717) is 12.8 Å². The molecule has 1 rings (SSSR count). The molecule has 0 fully saturated rings. The number of carboxylic acids is 1. The number of carbonyl (C=O) groups is 1. The molecule has 0 bridgehead atoms. The van der Waals surface area contributed by atoms with Gasteiger partial charge in [-0.1, -0.05) is 0 Å². The van der Waals surface area contributed by atoms with Crippen LogP contribution in [-0.4, -0.2) is 42.4 Å². The summed E-state index contributed by atoms with van der Waals surface area (Å²) in [4.78, 5) is 10.8. The number of aromatic carboxylic acids is 1. The van der Waals surface area contributed by atoms with Crippen LogP contribution in [-0.2, 0) is 10.0 Å². The van der Waals surface area contributed by atoms with Crippen molar-refractivity contribution < 1.29 is 28.5 Å². The number of hydrogen-bond acceptors (Lipinski definition) is 5. The van der Waals surface area contributed by atoms with Crippen LogP contribution < -0.4 is 4.72 Å². The lowest BCUT2D eigenvalue weighted by molar-refractivity contribution is 0.0693. The molecular formula is C13H19NO6S. The maximum Gasteiger partial charge on any atom is 0.339 e. The van der Waals surface area contributed by atoms with Gasteiger partial charge in [0.05, 0.1) is 4.90 Å². The summed E-state index contributed by atoms with van der Waals surface area (Å²) in [6.45, 7) is 3.09. The fraction of sp³-hybridized carbons (Fsp3) is 0.462. The first-order valence-electron chi connectivity index (χ1n) is 6.39. The Kier molecular flexibility index (Phi) is 5.70. The molecule has 1 aromatic carbocycles. The number of sulfonamides is 1. The molecule has 4 N–H and O–H groups in total. The molecule has 8 heteroatoms. The maximum absolute atomic E-state index is 12.3. The minimum absolute atomic E-state index is 0.0343. The molecule has 0 amide bonds. The maximum atomic E-state index is 12.3. The molecule has 0 aliphatic carbocycles. The summed E-state index contributed by atoms with van der Waals surface area (Å²) in [5.74, 6) is -1.88. The third-order valence-corrected chi connectivity index (χ3v) is 4.70. The van der Waals surface area contributed by atoms with Gasteiger partial charge in [-0.05, 0) is 44.4 Å².